The van der Waals surface area contributed by atoms with Gasteiger partial charge in [0.25, 0.3) is 0 Å². The maximum Gasteiger partial charge on any atom is 0.341 e. The summed E-state index contributed by atoms with van der Waals surface area (Å²) < 4.78 is 9.73. The zero-order valence-electron chi connectivity index (χ0n) is 8.24. The highest BCUT2D eigenvalue weighted by atomic mass is 35.5. The van der Waals surface area contributed by atoms with Gasteiger partial charge in [-0.25, -0.2) is 4.79 Å². The second-order valence-corrected chi connectivity index (χ2v) is 3.12. The van der Waals surface area contributed by atoms with Crippen LogP contribution in [0, 0.1) is 6.92 Å². The number of rotatable bonds is 3. The van der Waals surface area contributed by atoms with Crippen molar-refractivity contribution >= 4 is 28.9 Å². The molecule has 1 heterocycles. The molecule has 4 nitrogen and oxygen atoms in total. The van der Waals surface area contributed by atoms with Gasteiger partial charge in [0.2, 0.25) is 5.24 Å². The molecule has 80 valence electrons. The van der Waals surface area contributed by atoms with E-state index >= 15 is 0 Å². The van der Waals surface area contributed by atoms with Gasteiger partial charge < -0.3 is 9.15 Å². The van der Waals surface area contributed by atoms with Crippen molar-refractivity contribution in [1.29, 1.82) is 0 Å². The summed E-state index contributed by atoms with van der Waals surface area (Å²) in [7, 11) is 1.28. The highest BCUT2D eigenvalue weighted by molar-refractivity contribution is 6.66. The fourth-order valence-electron chi connectivity index (χ4n) is 1.05. The average Bonchev–Trinajstić information content (AvgIpc) is 2.55. The van der Waals surface area contributed by atoms with Crippen molar-refractivity contribution < 1.29 is 18.7 Å². The highest BCUT2D eigenvalue weighted by Gasteiger charge is 2.13. The van der Waals surface area contributed by atoms with Gasteiger partial charge in [-0.2, -0.15) is 0 Å². The predicted molar refractivity (Wildman–Crippen MR) is 54.7 cm³/mol. The topological polar surface area (TPSA) is 56.5 Å². The molecule has 1 aromatic heterocycles. The lowest BCUT2D eigenvalue weighted by Crippen LogP contribution is -2.00. The number of halogens is 1. The Morgan fingerprint density at radius 3 is 2.73 bits per heavy atom. The van der Waals surface area contributed by atoms with E-state index in [1.54, 1.807) is 6.92 Å². The van der Waals surface area contributed by atoms with Crippen molar-refractivity contribution in [3.63, 3.8) is 0 Å². The van der Waals surface area contributed by atoms with E-state index in [-0.39, 0.29) is 0 Å². The first-order valence-corrected chi connectivity index (χ1v) is 4.48. The third-order valence-electron chi connectivity index (χ3n) is 1.72. The van der Waals surface area contributed by atoms with E-state index in [4.69, 9.17) is 16.0 Å². The maximum atomic E-state index is 11.2. The van der Waals surface area contributed by atoms with Gasteiger partial charge in [0.05, 0.1) is 7.11 Å². The second kappa shape index (κ2) is 4.79. The van der Waals surface area contributed by atoms with Crippen molar-refractivity contribution in [2.75, 3.05) is 7.11 Å². The van der Waals surface area contributed by atoms with Gasteiger partial charge in [0.1, 0.15) is 17.1 Å². The van der Waals surface area contributed by atoms with Crippen LogP contribution in [0.15, 0.2) is 16.6 Å². The molecular formula is C10H9ClO4. The number of ether oxygens (including phenoxy) is 1. The Kier molecular flexibility index (Phi) is 3.68. The zero-order valence-corrected chi connectivity index (χ0v) is 9.00. The number of furan rings is 1. The van der Waals surface area contributed by atoms with Gasteiger partial charge >= 0.3 is 5.97 Å². The van der Waals surface area contributed by atoms with E-state index in [1.165, 1.54) is 19.3 Å². The van der Waals surface area contributed by atoms with Crippen molar-refractivity contribution in [3.05, 3.63) is 29.2 Å². The first kappa shape index (κ1) is 11.5. The number of allylic oxidation sites excluding steroid dienone is 1. The van der Waals surface area contributed by atoms with Crippen LogP contribution < -0.4 is 0 Å². The van der Waals surface area contributed by atoms with E-state index < -0.39 is 11.2 Å². The lowest BCUT2D eigenvalue weighted by atomic mass is 10.2. The lowest BCUT2D eigenvalue weighted by Gasteiger charge is -1.93. The van der Waals surface area contributed by atoms with Crippen LogP contribution >= 0.6 is 11.6 Å². The number of aryl methyl sites for hydroxylation is 1. The minimum atomic E-state index is -0.608. The molecule has 0 spiro atoms. The Morgan fingerprint density at radius 2 is 2.20 bits per heavy atom. The molecule has 0 aliphatic carbocycles. The van der Waals surface area contributed by atoms with Crippen molar-refractivity contribution in [1.82, 2.24) is 0 Å². The fraction of sp³-hybridized carbons (Fsp3) is 0.200. The minimum absolute atomic E-state index is 0.333. The van der Waals surface area contributed by atoms with Crippen LogP contribution in [0.4, 0.5) is 0 Å². The molecule has 0 aliphatic heterocycles. The van der Waals surface area contributed by atoms with Gasteiger partial charge in [-0.3, -0.25) is 4.79 Å². The Bertz CT molecular complexity index is 417. The summed E-state index contributed by atoms with van der Waals surface area (Å²) in [6.45, 7) is 1.63. The maximum absolute atomic E-state index is 11.2. The molecule has 1 aromatic rings. The van der Waals surface area contributed by atoms with Gasteiger partial charge in [-0.15, -0.1) is 0 Å². The molecule has 5 heteroatoms. The number of esters is 1. The summed E-state index contributed by atoms with van der Waals surface area (Å²) in [6.07, 6.45) is 2.52. The third-order valence-corrected chi connectivity index (χ3v) is 1.85. The summed E-state index contributed by atoms with van der Waals surface area (Å²) in [4.78, 5) is 21.6. The Morgan fingerprint density at radius 1 is 1.53 bits per heavy atom. The normalized spacial score (nSPS) is 10.6. The molecule has 0 aliphatic rings. The first-order valence-electron chi connectivity index (χ1n) is 4.11. The summed E-state index contributed by atoms with van der Waals surface area (Å²) in [5.41, 5.74) is 0.333. The molecule has 0 unspecified atom stereocenters. The molecule has 0 atom stereocenters. The molecule has 0 aromatic carbocycles. The number of carbonyl (C=O) groups is 2. The minimum Gasteiger partial charge on any atom is -0.465 e. The Labute approximate surface area is 91.5 Å². The van der Waals surface area contributed by atoms with Gasteiger partial charge in [-0.05, 0) is 30.7 Å². The molecule has 0 amide bonds. The molecule has 15 heavy (non-hydrogen) atoms. The van der Waals surface area contributed by atoms with Gasteiger partial charge in [-0.1, -0.05) is 0 Å². The first-order chi connectivity index (χ1) is 7.04. The quantitative estimate of drug-likeness (QED) is 0.452. The van der Waals surface area contributed by atoms with E-state index in [1.807, 2.05) is 0 Å². The van der Waals surface area contributed by atoms with Crippen LogP contribution in [0.25, 0.3) is 6.08 Å². The summed E-state index contributed by atoms with van der Waals surface area (Å²) >= 11 is 5.11. The Hall–Kier alpha value is -1.55. The van der Waals surface area contributed by atoms with E-state index in [9.17, 15) is 9.59 Å². The SMILES string of the molecule is COC(=O)c1cc(/C=C/C(=O)Cl)oc1C. The summed E-state index contributed by atoms with van der Waals surface area (Å²) in [6, 6.07) is 1.48. The smallest absolute Gasteiger partial charge is 0.341 e. The van der Waals surface area contributed by atoms with Crippen LogP contribution in [-0.2, 0) is 9.53 Å². The molecule has 0 radical (unpaired) electrons. The highest BCUT2D eigenvalue weighted by Crippen LogP contribution is 2.16. The van der Waals surface area contributed by atoms with Crippen LogP contribution in [-0.4, -0.2) is 18.3 Å². The van der Waals surface area contributed by atoms with Crippen molar-refractivity contribution in [2.24, 2.45) is 0 Å². The summed E-state index contributed by atoms with van der Waals surface area (Å²) in [5, 5.41) is -0.608. The van der Waals surface area contributed by atoms with Crippen molar-refractivity contribution in [2.45, 2.75) is 6.92 Å². The monoisotopic (exact) mass is 228 g/mol. The predicted octanol–water partition coefficient (Wildman–Crippen LogP) is 2.15. The number of methoxy groups -OCH3 is 1. The van der Waals surface area contributed by atoms with Gasteiger partial charge in [0.15, 0.2) is 0 Å². The molecule has 0 fully saturated rings. The van der Waals surface area contributed by atoms with Crippen molar-refractivity contribution in [3.8, 4) is 0 Å². The van der Waals surface area contributed by atoms with E-state index in [0.29, 0.717) is 17.1 Å². The molecule has 0 bridgehead atoms. The zero-order chi connectivity index (χ0) is 11.4. The van der Waals surface area contributed by atoms with Crippen LogP contribution in [0.5, 0.6) is 0 Å². The van der Waals surface area contributed by atoms with E-state index in [2.05, 4.69) is 4.74 Å². The van der Waals surface area contributed by atoms with Crippen LogP contribution in [0.3, 0.4) is 0 Å². The third kappa shape index (κ3) is 2.95. The largest absolute Gasteiger partial charge is 0.465 e. The van der Waals surface area contributed by atoms with E-state index in [0.717, 1.165) is 6.08 Å². The second-order valence-electron chi connectivity index (χ2n) is 2.75. The summed E-state index contributed by atoms with van der Waals surface area (Å²) in [5.74, 6) is 0.332. The molecule has 0 saturated heterocycles. The fourth-order valence-corrected chi connectivity index (χ4v) is 1.11. The standard InChI is InChI=1S/C10H9ClO4/c1-6-8(10(13)14-2)5-7(15-6)3-4-9(11)12/h3-5H,1-2H3/b4-3+. The van der Waals surface area contributed by atoms with Gasteiger partial charge in [0, 0.05) is 6.08 Å². The number of carbonyl (C=O) groups excluding carboxylic acids is 2. The average molecular weight is 229 g/mol. The lowest BCUT2D eigenvalue weighted by molar-refractivity contribution is -0.107. The number of hydrogen-bond donors (Lipinski definition) is 0. The van der Waals surface area contributed by atoms with Crippen LogP contribution in [0.2, 0.25) is 0 Å². The van der Waals surface area contributed by atoms with Crippen LogP contribution in [0.1, 0.15) is 21.9 Å². The number of hydrogen-bond acceptors (Lipinski definition) is 4. The molecule has 0 saturated carbocycles. The molecule has 1 rings (SSSR count). The Balaban J connectivity index is 2.95. The molecular weight excluding hydrogens is 220 g/mol. The molecule has 0 N–H and O–H groups in total.